The quantitative estimate of drug-likeness (QED) is 0.683. The lowest BCUT2D eigenvalue weighted by Crippen LogP contribution is -2.55. The summed E-state index contributed by atoms with van der Waals surface area (Å²) >= 11 is 4.55. The molecule has 1 N–H and O–H groups in total. The molecule has 1 saturated carbocycles. The molecule has 6 nitrogen and oxygen atoms in total. The highest BCUT2D eigenvalue weighted by molar-refractivity contribution is 9.11. The zero-order valence-electron chi connectivity index (χ0n) is 15.7. The van der Waals surface area contributed by atoms with Gasteiger partial charge in [-0.1, -0.05) is 19.3 Å². The highest BCUT2D eigenvalue weighted by atomic mass is 79.9. The van der Waals surface area contributed by atoms with Crippen LogP contribution in [0.15, 0.2) is 20.1 Å². The second-order valence-corrected chi connectivity index (χ2v) is 12.1. The SMILES string of the molecule is CC(C(=O)NCC1CCCCC1)N1CCN(S(=O)(=O)c2ccc(Br)s2)CC1. The van der Waals surface area contributed by atoms with Gasteiger partial charge in [0.2, 0.25) is 5.91 Å². The maximum absolute atomic E-state index is 12.7. The lowest BCUT2D eigenvalue weighted by Gasteiger charge is -2.36. The first kappa shape index (κ1) is 21.2. The monoisotopic (exact) mass is 477 g/mol. The minimum atomic E-state index is -3.44. The fourth-order valence-electron chi connectivity index (χ4n) is 3.84. The van der Waals surface area contributed by atoms with Crippen molar-refractivity contribution in [2.24, 2.45) is 5.92 Å². The largest absolute Gasteiger partial charge is 0.354 e. The summed E-state index contributed by atoms with van der Waals surface area (Å²) in [6.07, 6.45) is 6.28. The lowest BCUT2D eigenvalue weighted by atomic mass is 9.89. The van der Waals surface area contributed by atoms with Gasteiger partial charge in [0.05, 0.1) is 9.83 Å². The van der Waals surface area contributed by atoms with Gasteiger partial charge in [-0.2, -0.15) is 4.31 Å². The number of hydrogen-bond acceptors (Lipinski definition) is 5. The zero-order valence-corrected chi connectivity index (χ0v) is 18.9. The van der Waals surface area contributed by atoms with Crippen molar-refractivity contribution in [1.29, 1.82) is 0 Å². The number of rotatable bonds is 6. The van der Waals surface area contributed by atoms with Gasteiger partial charge in [0.1, 0.15) is 4.21 Å². The molecule has 2 fully saturated rings. The number of carbonyl (C=O) groups is 1. The molecule has 1 amide bonds. The van der Waals surface area contributed by atoms with Crippen molar-refractivity contribution in [3.05, 3.63) is 15.9 Å². The average molecular weight is 478 g/mol. The molecule has 0 spiro atoms. The molecular formula is C18H28BrN3O3S2. The van der Waals surface area contributed by atoms with Crippen molar-refractivity contribution in [2.45, 2.75) is 49.3 Å². The second-order valence-electron chi connectivity index (χ2n) is 7.42. The number of thiophene rings is 1. The summed E-state index contributed by atoms with van der Waals surface area (Å²) in [4.78, 5) is 14.6. The molecule has 0 aromatic carbocycles. The number of nitrogens with zero attached hydrogens (tertiary/aromatic N) is 2. The maximum atomic E-state index is 12.7. The Balaban J connectivity index is 1.48. The van der Waals surface area contributed by atoms with Crippen molar-refractivity contribution in [3.8, 4) is 0 Å². The minimum absolute atomic E-state index is 0.0547. The fourth-order valence-corrected chi connectivity index (χ4v) is 7.43. The summed E-state index contributed by atoms with van der Waals surface area (Å²) in [6.45, 7) is 4.66. The number of carbonyl (C=O) groups excluding carboxylic acids is 1. The van der Waals surface area contributed by atoms with Crippen LogP contribution in [0.1, 0.15) is 39.0 Å². The molecule has 2 heterocycles. The Morgan fingerprint density at radius 3 is 2.48 bits per heavy atom. The molecule has 9 heteroatoms. The molecule has 1 unspecified atom stereocenters. The Bertz CT molecular complexity index is 739. The van der Waals surface area contributed by atoms with Crippen molar-refractivity contribution in [3.63, 3.8) is 0 Å². The van der Waals surface area contributed by atoms with Gasteiger partial charge in [0.15, 0.2) is 0 Å². The number of halogens is 1. The molecule has 1 aromatic heterocycles. The van der Waals surface area contributed by atoms with E-state index < -0.39 is 10.0 Å². The topological polar surface area (TPSA) is 69.7 Å². The first-order chi connectivity index (χ1) is 12.9. The van der Waals surface area contributed by atoms with Crippen LogP contribution in [0.2, 0.25) is 0 Å². The predicted octanol–water partition coefficient (Wildman–Crippen LogP) is 2.90. The van der Waals surface area contributed by atoms with Gasteiger partial charge in [-0.25, -0.2) is 8.42 Å². The summed E-state index contributed by atoms with van der Waals surface area (Å²) in [5, 5.41) is 3.10. The Morgan fingerprint density at radius 2 is 1.89 bits per heavy atom. The number of sulfonamides is 1. The smallest absolute Gasteiger partial charge is 0.252 e. The molecule has 27 heavy (non-hydrogen) atoms. The highest BCUT2D eigenvalue weighted by Gasteiger charge is 2.32. The summed E-state index contributed by atoms with van der Waals surface area (Å²) in [7, 11) is -3.44. The molecule has 1 aliphatic heterocycles. The molecule has 0 radical (unpaired) electrons. The fraction of sp³-hybridized carbons (Fsp3) is 0.722. The Hall–Kier alpha value is -0.480. The van der Waals surface area contributed by atoms with Crippen LogP contribution in [0.25, 0.3) is 0 Å². The third-order valence-corrected chi connectivity index (χ3v) is 9.62. The molecule has 152 valence electrons. The van der Waals surface area contributed by atoms with Gasteiger partial charge in [-0.05, 0) is 53.7 Å². The van der Waals surface area contributed by atoms with E-state index in [0.717, 1.165) is 10.3 Å². The van der Waals surface area contributed by atoms with Crippen molar-refractivity contribution in [2.75, 3.05) is 32.7 Å². The van der Waals surface area contributed by atoms with Crippen molar-refractivity contribution < 1.29 is 13.2 Å². The van der Waals surface area contributed by atoms with E-state index in [9.17, 15) is 13.2 Å². The molecule has 1 aliphatic carbocycles. The van der Waals surface area contributed by atoms with Crippen LogP contribution in [0, 0.1) is 5.92 Å². The van der Waals surface area contributed by atoms with Crippen LogP contribution in [0.4, 0.5) is 0 Å². The molecule has 2 aliphatic rings. The normalized spacial score (nSPS) is 21.9. The van der Waals surface area contributed by atoms with Gasteiger partial charge in [0, 0.05) is 32.7 Å². The van der Waals surface area contributed by atoms with Crippen molar-refractivity contribution in [1.82, 2.24) is 14.5 Å². The van der Waals surface area contributed by atoms with E-state index >= 15 is 0 Å². The molecule has 1 saturated heterocycles. The van der Waals surface area contributed by atoms with Crippen LogP contribution in [0.3, 0.4) is 0 Å². The molecule has 1 atom stereocenters. The zero-order chi connectivity index (χ0) is 19.4. The Morgan fingerprint density at radius 1 is 1.22 bits per heavy atom. The van der Waals surface area contributed by atoms with E-state index in [1.54, 1.807) is 12.1 Å². The predicted molar refractivity (Wildman–Crippen MR) is 111 cm³/mol. The van der Waals surface area contributed by atoms with Gasteiger partial charge >= 0.3 is 0 Å². The lowest BCUT2D eigenvalue weighted by molar-refractivity contribution is -0.126. The molecule has 0 bridgehead atoms. The van der Waals surface area contributed by atoms with Gasteiger partial charge in [-0.15, -0.1) is 11.3 Å². The minimum Gasteiger partial charge on any atom is -0.354 e. The van der Waals surface area contributed by atoms with E-state index in [2.05, 4.69) is 26.1 Å². The first-order valence-corrected chi connectivity index (χ1v) is 12.7. The first-order valence-electron chi connectivity index (χ1n) is 9.65. The second kappa shape index (κ2) is 9.35. The van der Waals surface area contributed by atoms with Crippen LogP contribution in [-0.2, 0) is 14.8 Å². The third kappa shape index (κ3) is 5.32. The van der Waals surface area contributed by atoms with Crippen LogP contribution >= 0.6 is 27.3 Å². The maximum Gasteiger partial charge on any atom is 0.252 e. The highest BCUT2D eigenvalue weighted by Crippen LogP contribution is 2.29. The number of piperazine rings is 1. The third-order valence-electron chi connectivity index (χ3n) is 5.63. The van der Waals surface area contributed by atoms with E-state index in [4.69, 9.17) is 0 Å². The Kier molecular flexibility index (Phi) is 7.35. The number of hydrogen-bond donors (Lipinski definition) is 1. The van der Waals surface area contributed by atoms with E-state index in [1.165, 1.54) is 47.7 Å². The standard InChI is InChI=1S/C18H28BrN3O3S2/c1-14(18(23)20-13-15-5-3-2-4-6-15)21-9-11-22(12-10-21)27(24,25)17-8-7-16(19)26-17/h7-8,14-15H,2-6,9-13H2,1H3,(H,20,23). The summed E-state index contributed by atoms with van der Waals surface area (Å²) in [5.41, 5.74) is 0. The molecule has 3 rings (SSSR count). The number of amides is 1. The van der Waals surface area contributed by atoms with E-state index in [-0.39, 0.29) is 11.9 Å². The van der Waals surface area contributed by atoms with E-state index in [1.807, 2.05) is 6.92 Å². The summed E-state index contributed by atoms with van der Waals surface area (Å²) in [5.74, 6) is 0.668. The van der Waals surface area contributed by atoms with Gasteiger partial charge in [-0.3, -0.25) is 9.69 Å². The van der Waals surface area contributed by atoms with Gasteiger partial charge < -0.3 is 5.32 Å². The Labute approximate surface area is 174 Å². The van der Waals surface area contributed by atoms with Gasteiger partial charge in [0.25, 0.3) is 10.0 Å². The van der Waals surface area contributed by atoms with Crippen molar-refractivity contribution >= 4 is 43.2 Å². The van der Waals surface area contributed by atoms with Crippen LogP contribution < -0.4 is 5.32 Å². The average Bonchev–Trinajstić information content (AvgIpc) is 3.13. The van der Waals surface area contributed by atoms with Crippen LogP contribution in [-0.4, -0.2) is 62.3 Å². The van der Waals surface area contributed by atoms with E-state index in [0.29, 0.717) is 36.3 Å². The molecule has 1 aromatic rings. The van der Waals surface area contributed by atoms with Crippen LogP contribution in [0.5, 0.6) is 0 Å². The summed E-state index contributed by atoms with van der Waals surface area (Å²) < 4.78 is 28.1. The summed E-state index contributed by atoms with van der Waals surface area (Å²) in [6, 6.07) is 3.17. The number of nitrogens with one attached hydrogen (secondary N) is 1. The molecular weight excluding hydrogens is 450 g/mol.